The second kappa shape index (κ2) is 7.99. The summed E-state index contributed by atoms with van der Waals surface area (Å²) in [5.74, 6) is 3.51. The molecular formula is C39H26BNO2. The van der Waals surface area contributed by atoms with E-state index in [1.54, 1.807) is 0 Å². The van der Waals surface area contributed by atoms with Gasteiger partial charge in [-0.05, 0) is 51.4 Å². The van der Waals surface area contributed by atoms with Crippen LogP contribution in [0.15, 0.2) is 121 Å². The zero-order valence-electron chi connectivity index (χ0n) is 23.9. The van der Waals surface area contributed by atoms with Crippen LogP contribution < -0.4 is 25.9 Å². The number of fused-ring (bicyclic) bond motifs is 11. The van der Waals surface area contributed by atoms with E-state index in [9.17, 15) is 0 Å². The quantitative estimate of drug-likeness (QED) is 0.194. The van der Waals surface area contributed by atoms with E-state index in [0.717, 1.165) is 34.1 Å². The predicted octanol–water partition coefficient (Wildman–Crippen LogP) is 7.82. The fraction of sp³-hybridized carbons (Fsp3) is 0.0769. The fourth-order valence-corrected chi connectivity index (χ4v) is 8.09. The summed E-state index contributed by atoms with van der Waals surface area (Å²) >= 11 is 0. The SMILES string of the molecule is CC1(C)c2ccccc2-c2ccc3c4ccccc4n(-c4cc5c6c(c4)Oc4ccccc4B6c4ccccc4O5)c3c21. The number of para-hydroxylation sites is 3. The zero-order valence-corrected chi connectivity index (χ0v) is 23.9. The van der Waals surface area contributed by atoms with Crippen LogP contribution >= 0.6 is 0 Å². The maximum absolute atomic E-state index is 6.69. The minimum atomic E-state index is -0.157. The summed E-state index contributed by atoms with van der Waals surface area (Å²) in [6.45, 7) is 4.78. The minimum absolute atomic E-state index is 0.0600. The number of aromatic nitrogens is 1. The molecule has 3 heterocycles. The monoisotopic (exact) mass is 551 g/mol. The van der Waals surface area contributed by atoms with Gasteiger partial charge in [-0.15, -0.1) is 0 Å². The highest BCUT2D eigenvalue weighted by Gasteiger charge is 2.41. The molecule has 0 fully saturated rings. The number of hydrogen-bond donors (Lipinski definition) is 0. The largest absolute Gasteiger partial charge is 0.458 e. The molecule has 0 spiro atoms. The number of ether oxygens (including phenoxy) is 2. The van der Waals surface area contributed by atoms with E-state index in [1.165, 1.54) is 55.0 Å². The van der Waals surface area contributed by atoms with Gasteiger partial charge < -0.3 is 14.0 Å². The Balaban J connectivity index is 1.31. The Kier molecular flexibility index (Phi) is 4.34. The van der Waals surface area contributed by atoms with Gasteiger partial charge in [0.05, 0.1) is 16.7 Å². The van der Waals surface area contributed by atoms with Crippen molar-refractivity contribution in [2.75, 3.05) is 0 Å². The lowest BCUT2D eigenvalue weighted by atomic mass is 9.35. The first-order valence-electron chi connectivity index (χ1n) is 15.0. The van der Waals surface area contributed by atoms with Gasteiger partial charge in [-0.25, -0.2) is 0 Å². The molecule has 7 aromatic rings. The van der Waals surface area contributed by atoms with Gasteiger partial charge in [-0.3, -0.25) is 0 Å². The van der Waals surface area contributed by atoms with Crippen molar-refractivity contribution >= 4 is 44.9 Å². The maximum Gasteiger partial charge on any atom is 0.260 e. The van der Waals surface area contributed by atoms with E-state index in [-0.39, 0.29) is 12.1 Å². The molecule has 0 saturated carbocycles. The highest BCUT2D eigenvalue weighted by molar-refractivity contribution is 6.98. The molecule has 0 bridgehead atoms. The van der Waals surface area contributed by atoms with Crippen molar-refractivity contribution in [3.63, 3.8) is 0 Å². The lowest BCUT2D eigenvalue weighted by Crippen LogP contribution is -2.57. The van der Waals surface area contributed by atoms with Crippen molar-refractivity contribution in [2.45, 2.75) is 19.3 Å². The van der Waals surface area contributed by atoms with Crippen molar-refractivity contribution in [1.82, 2.24) is 4.57 Å². The Morgan fingerprint density at radius 3 is 1.95 bits per heavy atom. The summed E-state index contributed by atoms with van der Waals surface area (Å²) < 4.78 is 15.8. The van der Waals surface area contributed by atoms with Crippen molar-refractivity contribution in [2.24, 2.45) is 0 Å². The molecule has 0 radical (unpaired) electrons. The lowest BCUT2D eigenvalue weighted by molar-refractivity contribution is 0.464. The Bertz CT molecular complexity index is 2280. The molecule has 43 heavy (non-hydrogen) atoms. The zero-order chi connectivity index (χ0) is 28.4. The highest BCUT2D eigenvalue weighted by Crippen LogP contribution is 2.53. The molecule has 202 valence electrons. The minimum Gasteiger partial charge on any atom is -0.458 e. The molecular weight excluding hydrogens is 525 g/mol. The normalized spacial score (nSPS) is 14.8. The molecule has 0 atom stereocenters. The van der Waals surface area contributed by atoms with E-state index in [0.29, 0.717) is 0 Å². The second-order valence-electron chi connectivity index (χ2n) is 12.5. The smallest absolute Gasteiger partial charge is 0.260 e. The lowest BCUT2D eigenvalue weighted by Gasteiger charge is -2.33. The van der Waals surface area contributed by atoms with Crippen molar-refractivity contribution in [3.05, 3.63) is 132 Å². The van der Waals surface area contributed by atoms with E-state index >= 15 is 0 Å². The number of hydrogen-bond acceptors (Lipinski definition) is 2. The van der Waals surface area contributed by atoms with E-state index < -0.39 is 0 Å². The van der Waals surface area contributed by atoms with Crippen LogP contribution in [0.4, 0.5) is 0 Å². The van der Waals surface area contributed by atoms with Crippen molar-refractivity contribution in [3.8, 4) is 39.8 Å². The Labute approximate surface area is 250 Å². The molecule has 1 aromatic heterocycles. The first kappa shape index (κ1) is 23.4. The molecule has 10 rings (SSSR count). The third-order valence-corrected chi connectivity index (χ3v) is 9.89. The molecule has 0 N–H and O–H groups in total. The summed E-state index contributed by atoms with van der Waals surface area (Å²) in [5, 5.41) is 2.51. The van der Waals surface area contributed by atoms with E-state index in [4.69, 9.17) is 9.47 Å². The van der Waals surface area contributed by atoms with Crippen LogP contribution in [0, 0.1) is 0 Å². The molecule has 3 aliphatic rings. The Morgan fingerprint density at radius 2 is 1.21 bits per heavy atom. The first-order chi connectivity index (χ1) is 21.1. The summed E-state index contributed by atoms with van der Waals surface area (Å²) in [7, 11) is 0. The van der Waals surface area contributed by atoms with Gasteiger partial charge in [0.2, 0.25) is 0 Å². The second-order valence-corrected chi connectivity index (χ2v) is 12.5. The van der Waals surface area contributed by atoms with E-state index in [2.05, 4.69) is 140 Å². The fourth-order valence-electron chi connectivity index (χ4n) is 8.09. The number of benzene rings is 6. The third-order valence-electron chi connectivity index (χ3n) is 9.89. The Morgan fingerprint density at radius 1 is 0.581 bits per heavy atom. The molecule has 4 heteroatoms. The van der Waals surface area contributed by atoms with Crippen molar-refractivity contribution < 1.29 is 9.47 Å². The van der Waals surface area contributed by atoms with Crippen LogP contribution in [-0.4, -0.2) is 11.3 Å². The average Bonchev–Trinajstić information content (AvgIpc) is 3.49. The number of nitrogens with zero attached hydrogens (tertiary/aromatic N) is 1. The molecule has 0 unspecified atom stereocenters. The van der Waals surface area contributed by atoms with Crippen molar-refractivity contribution in [1.29, 1.82) is 0 Å². The summed E-state index contributed by atoms with van der Waals surface area (Å²) in [6.07, 6.45) is 0. The molecule has 1 aliphatic carbocycles. The molecule has 2 aliphatic heterocycles. The summed E-state index contributed by atoms with van der Waals surface area (Å²) in [4.78, 5) is 0. The van der Waals surface area contributed by atoms with Gasteiger partial charge in [0.25, 0.3) is 6.71 Å². The van der Waals surface area contributed by atoms with E-state index in [1.807, 2.05) is 0 Å². The summed E-state index contributed by atoms with van der Waals surface area (Å²) in [5.41, 5.74) is 12.1. The average molecular weight is 551 g/mol. The van der Waals surface area contributed by atoms with Crippen LogP contribution in [0.2, 0.25) is 0 Å². The van der Waals surface area contributed by atoms with Gasteiger partial charge in [0.15, 0.2) is 0 Å². The van der Waals surface area contributed by atoms with Crippen LogP contribution in [0.5, 0.6) is 23.0 Å². The Hall–Kier alpha value is -5.22. The number of rotatable bonds is 1. The van der Waals surface area contributed by atoms with Gasteiger partial charge in [0.1, 0.15) is 23.0 Å². The predicted molar refractivity (Wildman–Crippen MR) is 176 cm³/mol. The molecule has 0 amide bonds. The maximum atomic E-state index is 6.69. The first-order valence-corrected chi connectivity index (χ1v) is 15.0. The summed E-state index contributed by atoms with van der Waals surface area (Å²) in [6, 6.07) is 43.5. The van der Waals surface area contributed by atoms with Crippen LogP contribution in [0.3, 0.4) is 0 Å². The molecule has 0 saturated heterocycles. The third kappa shape index (κ3) is 2.90. The van der Waals surface area contributed by atoms with Gasteiger partial charge in [0, 0.05) is 33.8 Å². The van der Waals surface area contributed by atoms with Crippen LogP contribution in [-0.2, 0) is 5.41 Å². The van der Waals surface area contributed by atoms with Gasteiger partial charge in [-0.2, -0.15) is 0 Å². The highest BCUT2D eigenvalue weighted by atomic mass is 16.5. The topological polar surface area (TPSA) is 23.4 Å². The van der Waals surface area contributed by atoms with Crippen LogP contribution in [0.1, 0.15) is 25.0 Å². The van der Waals surface area contributed by atoms with Gasteiger partial charge >= 0.3 is 0 Å². The van der Waals surface area contributed by atoms with Crippen LogP contribution in [0.25, 0.3) is 38.6 Å². The molecule has 3 nitrogen and oxygen atoms in total. The standard InChI is InChI=1S/C39H26BNO2/c1-39(2)28-13-5-3-11-24(28)26-19-20-27-25-12-4-8-16-31(25)41(38(27)36(26)39)23-21-34-37-35(22-23)43-33-18-10-7-15-30(33)40(37)29-14-6-9-17-32(29)42-34/h3-22H,1-2H3. The van der Waals surface area contributed by atoms with Gasteiger partial charge in [-0.1, -0.05) is 105 Å². The molecule has 6 aromatic carbocycles.